The Morgan fingerprint density at radius 3 is 2.29 bits per heavy atom. The van der Waals surface area contributed by atoms with Crippen LogP contribution in [0.3, 0.4) is 0 Å². The molecule has 0 spiro atoms. The van der Waals surface area contributed by atoms with Gasteiger partial charge in [-0.3, -0.25) is 9.59 Å². The highest BCUT2D eigenvalue weighted by atomic mass is 16.5. The van der Waals surface area contributed by atoms with Crippen LogP contribution in [0.25, 0.3) is 0 Å². The molecule has 3 aromatic carbocycles. The monoisotopic (exact) mass is 457 g/mol. The van der Waals surface area contributed by atoms with Crippen LogP contribution in [0.1, 0.15) is 34.0 Å². The summed E-state index contributed by atoms with van der Waals surface area (Å²) in [6, 6.07) is 20.6. The van der Waals surface area contributed by atoms with E-state index in [1.807, 2.05) is 30.3 Å². The number of hydrogen-bond donors (Lipinski definition) is 1. The van der Waals surface area contributed by atoms with Crippen molar-refractivity contribution >= 4 is 23.7 Å². The third-order valence-electron chi connectivity index (χ3n) is 5.62. The molecule has 0 bridgehead atoms. The highest BCUT2D eigenvalue weighted by Gasteiger charge is 2.23. The summed E-state index contributed by atoms with van der Waals surface area (Å²) in [5.41, 5.74) is 4.51. The molecule has 0 aliphatic heterocycles. The van der Waals surface area contributed by atoms with Crippen LogP contribution in [0, 0.1) is 0 Å². The van der Waals surface area contributed by atoms with Gasteiger partial charge in [0, 0.05) is 38.1 Å². The summed E-state index contributed by atoms with van der Waals surface area (Å²) in [7, 11) is 3.21. The summed E-state index contributed by atoms with van der Waals surface area (Å²) < 4.78 is 11.8. The summed E-state index contributed by atoms with van der Waals surface area (Å²) in [6.45, 7) is 1.43. The molecule has 34 heavy (non-hydrogen) atoms. The molecule has 0 radical (unpaired) electrons. The number of fused-ring (bicyclic) bond motifs is 1. The molecule has 2 amide bonds. The van der Waals surface area contributed by atoms with Crippen LogP contribution in [0.5, 0.6) is 11.5 Å². The molecule has 0 atom stereocenters. The average molecular weight is 458 g/mol. The van der Waals surface area contributed by atoms with Crippen LogP contribution in [0.15, 0.2) is 71.8 Å². The fourth-order valence-corrected chi connectivity index (χ4v) is 3.94. The topological polar surface area (TPSA) is 80.2 Å². The van der Waals surface area contributed by atoms with E-state index in [2.05, 4.69) is 22.6 Å². The van der Waals surface area contributed by atoms with E-state index < -0.39 is 0 Å². The van der Waals surface area contributed by atoms with Gasteiger partial charge in [0.05, 0.1) is 13.3 Å². The Morgan fingerprint density at radius 1 is 1.00 bits per heavy atom. The van der Waals surface area contributed by atoms with Gasteiger partial charge in [-0.15, -0.1) is 0 Å². The zero-order chi connectivity index (χ0) is 24.1. The number of nitrogens with one attached hydrogen (secondary N) is 1. The van der Waals surface area contributed by atoms with Gasteiger partial charge in [-0.1, -0.05) is 24.3 Å². The van der Waals surface area contributed by atoms with Crippen molar-refractivity contribution in [2.45, 2.75) is 25.9 Å². The van der Waals surface area contributed by atoms with Crippen LogP contribution >= 0.6 is 0 Å². The molecular weight excluding hydrogens is 430 g/mol. The number of hydrazone groups is 1. The van der Waals surface area contributed by atoms with Crippen LogP contribution in [-0.4, -0.2) is 43.3 Å². The number of nitrogens with zero attached hydrogens (tertiary/aromatic N) is 2. The quantitative estimate of drug-likeness (QED) is 0.424. The average Bonchev–Trinajstić information content (AvgIpc) is 3.24. The first-order valence-corrected chi connectivity index (χ1v) is 11.0. The van der Waals surface area contributed by atoms with Gasteiger partial charge in [-0.2, -0.15) is 5.10 Å². The van der Waals surface area contributed by atoms with Crippen LogP contribution in [0.2, 0.25) is 0 Å². The van der Waals surface area contributed by atoms with Crippen LogP contribution < -0.4 is 14.8 Å². The van der Waals surface area contributed by atoms with E-state index in [0.29, 0.717) is 22.7 Å². The zero-order valence-corrected chi connectivity index (χ0v) is 19.4. The molecule has 7 heteroatoms. The SMILES string of the molecule is COc1ccc(C=NN(C)C(=O)c2ccc(NC(C)=O)cc2)cc1OC1Cc2ccccc2C1. The van der Waals surface area contributed by atoms with Crippen molar-refractivity contribution in [1.82, 2.24) is 5.01 Å². The summed E-state index contributed by atoms with van der Waals surface area (Å²) in [5, 5.41) is 8.24. The van der Waals surface area contributed by atoms with Gasteiger partial charge in [-0.25, -0.2) is 5.01 Å². The lowest BCUT2D eigenvalue weighted by molar-refractivity contribution is -0.114. The molecular formula is C27H27N3O4. The Balaban J connectivity index is 1.43. The number of anilines is 1. The minimum atomic E-state index is -0.265. The Morgan fingerprint density at radius 2 is 1.68 bits per heavy atom. The third kappa shape index (κ3) is 5.43. The first-order valence-electron chi connectivity index (χ1n) is 11.0. The van der Waals surface area contributed by atoms with Crippen molar-refractivity contribution in [2.75, 3.05) is 19.5 Å². The molecule has 3 aromatic rings. The summed E-state index contributed by atoms with van der Waals surface area (Å²) in [4.78, 5) is 23.8. The maximum Gasteiger partial charge on any atom is 0.273 e. The fraction of sp³-hybridized carbons (Fsp3) is 0.222. The second kappa shape index (κ2) is 10.2. The second-order valence-corrected chi connectivity index (χ2v) is 8.16. The molecule has 0 saturated carbocycles. The Bertz CT molecular complexity index is 1200. The van der Waals surface area contributed by atoms with Gasteiger partial charge in [0.1, 0.15) is 6.10 Å². The van der Waals surface area contributed by atoms with Gasteiger partial charge in [0.2, 0.25) is 5.91 Å². The minimum Gasteiger partial charge on any atom is -0.493 e. The lowest BCUT2D eigenvalue weighted by atomic mass is 10.1. The van der Waals surface area contributed by atoms with E-state index >= 15 is 0 Å². The normalized spacial score (nSPS) is 12.9. The number of amides is 2. The Labute approximate surface area is 199 Å². The summed E-state index contributed by atoms with van der Waals surface area (Å²) in [6.07, 6.45) is 3.37. The minimum absolute atomic E-state index is 0.0446. The molecule has 0 unspecified atom stereocenters. The van der Waals surface area contributed by atoms with Gasteiger partial charge in [-0.05, 0) is 59.2 Å². The number of rotatable bonds is 7. The Kier molecular flexibility index (Phi) is 6.92. The van der Waals surface area contributed by atoms with E-state index in [1.165, 1.54) is 23.1 Å². The smallest absolute Gasteiger partial charge is 0.273 e. The number of hydrogen-bond acceptors (Lipinski definition) is 5. The highest BCUT2D eigenvalue weighted by Crippen LogP contribution is 2.32. The summed E-state index contributed by atoms with van der Waals surface area (Å²) in [5.74, 6) is 0.865. The maximum atomic E-state index is 12.7. The largest absolute Gasteiger partial charge is 0.493 e. The number of carbonyl (C=O) groups is 2. The first kappa shape index (κ1) is 23.0. The van der Waals surface area contributed by atoms with Crippen molar-refractivity contribution in [2.24, 2.45) is 5.10 Å². The van der Waals surface area contributed by atoms with E-state index in [1.54, 1.807) is 44.6 Å². The molecule has 0 fully saturated rings. The van der Waals surface area contributed by atoms with Crippen LogP contribution in [0.4, 0.5) is 5.69 Å². The lowest BCUT2D eigenvalue weighted by Gasteiger charge is -2.16. The van der Waals surface area contributed by atoms with Gasteiger partial charge in [0.15, 0.2) is 11.5 Å². The molecule has 0 saturated heterocycles. The fourth-order valence-electron chi connectivity index (χ4n) is 3.94. The number of carbonyl (C=O) groups excluding carboxylic acids is 2. The van der Waals surface area contributed by atoms with E-state index in [4.69, 9.17) is 9.47 Å². The zero-order valence-electron chi connectivity index (χ0n) is 19.4. The first-order chi connectivity index (χ1) is 16.4. The molecule has 4 rings (SSSR count). The molecule has 0 heterocycles. The molecule has 7 nitrogen and oxygen atoms in total. The van der Waals surface area contributed by atoms with Gasteiger partial charge < -0.3 is 14.8 Å². The molecule has 174 valence electrons. The lowest BCUT2D eigenvalue weighted by Crippen LogP contribution is -2.21. The van der Waals surface area contributed by atoms with Crippen molar-refractivity contribution in [3.63, 3.8) is 0 Å². The third-order valence-corrected chi connectivity index (χ3v) is 5.62. The van der Waals surface area contributed by atoms with E-state index in [9.17, 15) is 9.59 Å². The highest BCUT2D eigenvalue weighted by molar-refractivity contribution is 5.96. The van der Waals surface area contributed by atoms with Crippen molar-refractivity contribution in [3.05, 3.63) is 89.0 Å². The molecule has 1 N–H and O–H groups in total. The Hall–Kier alpha value is -4.13. The predicted molar refractivity (Wildman–Crippen MR) is 132 cm³/mol. The number of ether oxygens (including phenoxy) is 2. The molecule has 0 aromatic heterocycles. The second-order valence-electron chi connectivity index (χ2n) is 8.16. The maximum absolute atomic E-state index is 12.7. The molecule has 1 aliphatic carbocycles. The van der Waals surface area contributed by atoms with Crippen molar-refractivity contribution < 1.29 is 19.1 Å². The van der Waals surface area contributed by atoms with E-state index in [0.717, 1.165) is 18.4 Å². The van der Waals surface area contributed by atoms with Gasteiger partial charge >= 0.3 is 0 Å². The van der Waals surface area contributed by atoms with Crippen LogP contribution in [-0.2, 0) is 17.6 Å². The number of benzene rings is 3. The standard InChI is InChI=1S/C27H27N3O4/c1-18(31)29-23-11-9-20(10-12-23)27(32)30(2)28-17-19-8-13-25(33-3)26(14-19)34-24-15-21-6-4-5-7-22(21)16-24/h4-14,17,24H,15-16H2,1-3H3,(H,29,31). The van der Waals surface area contributed by atoms with Crippen molar-refractivity contribution in [1.29, 1.82) is 0 Å². The molecule has 1 aliphatic rings. The van der Waals surface area contributed by atoms with E-state index in [-0.39, 0.29) is 17.9 Å². The number of methoxy groups -OCH3 is 1. The van der Waals surface area contributed by atoms with Gasteiger partial charge in [0.25, 0.3) is 5.91 Å². The van der Waals surface area contributed by atoms with Crippen molar-refractivity contribution in [3.8, 4) is 11.5 Å². The summed E-state index contributed by atoms with van der Waals surface area (Å²) >= 11 is 0. The predicted octanol–water partition coefficient (Wildman–Crippen LogP) is 4.31.